The van der Waals surface area contributed by atoms with Crippen molar-refractivity contribution in [3.63, 3.8) is 0 Å². The number of esters is 1. The van der Waals surface area contributed by atoms with E-state index in [0.29, 0.717) is 15.4 Å². The number of amides is 2. The van der Waals surface area contributed by atoms with E-state index in [1.165, 1.54) is 32.0 Å². The molecule has 5 rings (SSSR count). The predicted octanol–water partition coefficient (Wildman–Crippen LogP) is 6.42. The van der Waals surface area contributed by atoms with Gasteiger partial charge >= 0.3 is 30.1 Å². The first kappa shape index (κ1) is 35.6. The summed E-state index contributed by atoms with van der Waals surface area (Å²) in [6.45, 7) is 0.953. The fourth-order valence-electron chi connectivity index (χ4n) is 6.08. The molecule has 0 fully saturated rings. The number of aryl methyl sites for hydroxylation is 2. The molecule has 0 saturated heterocycles. The number of fused-ring (bicyclic) bond motifs is 6. The molecule has 1 spiro atoms. The smallest absolute Gasteiger partial charge is 0.456 e. The van der Waals surface area contributed by atoms with Gasteiger partial charge in [0.15, 0.2) is 5.60 Å². The van der Waals surface area contributed by atoms with Crippen molar-refractivity contribution in [2.75, 3.05) is 36.1 Å². The molecule has 3 aromatic rings. The molecule has 2 N–H and O–H groups in total. The number of halogens is 6. The number of benzene rings is 3. The standard InChI is InChI=1S/C32H28F6N2O9/c1-17-13-21-25(15-23(17)39(9-5-11-46-44)28(42)31(33,34)35)48-26-16-24(40(10-6-12-47-45)29(43)32(36,37)38)18(2)14-22(26)30(21)20-8-4-3-7-19(20)27(41)49-30/h3-4,7-8,13-16,44-45H,5-6,9-12H2,1-2H3. The Kier molecular flexibility index (Phi) is 9.66. The molecule has 0 unspecified atom stereocenters. The minimum Gasteiger partial charge on any atom is -0.456 e. The van der Waals surface area contributed by atoms with E-state index in [0.717, 1.165) is 12.1 Å². The molecule has 0 saturated carbocycles. The molecule has 3 aromatic carbocycles. The Morgan fingerprint density at radius 1 is 0.755 bits per heavy atom. The minimum atomic E-state index is -5.31. The summed E-state index contributed by atoms with van der Waals surface area (Å²) in [6.07, 6.45) is -11.0. The zero-order chi connectivity index (χ0) is 35.9. The number of hydrogen-bond donors (Lipinski definition) is 2. The Hall–Kier alpha value is -4.71. The van der Waals surface area contributed by atoms with Crippen LogP contribution in [0.15, 0.2) is 48.5 Å². The zero-order valence-electron chi connectivity index (χ0n) is 25.8. The highest BCUT2D eigenvalue weighted by Crippen LogP contribution is 2.58. The van der Waals surface area contributed by atoms with Gasteiger partial charge in [0, 0.05) is 41.9 Å². The minimum absolute atomic E-state index is 0.134. The Labute approximate surface area is 274 Å². The van der Waals surface area contributed by atoms with E-state index in [1.807, 2.05) is 0 Å². The lowest BCUT2D eigenvalue weighted by Gasteiger charge is -2.39. The van der Waals surface area contributed by atoms with Crippen LogP contribution in [0.2, 0.25) is 0 Å². The van der Waals surface area contributed by atoms with Crippen LogP contribution in [0.3, 0.4) is 0 Å². The number of carbonyl (C=O) groups excluding carboxylic acids is 3. The van der Waals surface area contributed by atoms with E-state index in [9.17, 15) is 40.7 Å². The molecule has 49 heavy (non-hydrogen) atoms. The average Bonchev–Trinajstić information content (AvgIpc) is 3.33. The van der Waals surface area contributed by atoms with E-state index in [-0.39, 0.29) is 63.5 Å². The van der Waals surface area contributed by atoms with E-state index in [2.05, 4.69) is 9.78 Å². The van der Waals surface area contributed by atoms with Gasteiger partial charge in [-0.15, -0.1) is 0 Å². The number of ether oxygens (including phenoxy) is 2. The fraction of sp³-hybridized carbons (Fsp3) is 0.344. The van der Waals surface area contributed by atoms with Gasteiger partial charge in [0.1, 0.15) is 11.5 Å². The van der Waals surface area contributed by atoms with Crippen LogP contribution < -0.4 is 14.5 Å². The molecule has 0 radical (unpaired) electrons. The lowest BCUT2D eigenvalue weighted by molar-refractivity contribution is -0.242. The van der Waals surface area contributed by atoms with Crippen LogP contribution in [0.5, 0.6) is 11.5 Å². The van der Waals surface area contributed by atoms with Gasteiger partial charge in [-0.05, 0) is 56.0 Å². The molecular weight excluding hydrogens is 670 g/mol. The predicted molar refractivity (Wildman–Crippen MR) is 157 cm³/mol. The molecule has 2 aliphatic heterocycles. The van der Waals surface area contributed by atoms with Crippen LogP contribution in [0, 0.1) is 13.8 Å². The summed E-state index contributed by atoms with van der Waals surface area (Å²) in [4.78, 5) is 47.2. The van der Waals surface area contributed by atoms with Gasteiger partial charge in [-0.3, -0.25) is 20.1 Å². The van der Waals surface area contributed by atoms with Crippen molar-refractivity contribution in [3.8, 4) is 11.5 Å². The fourth-order valence-corrected chi connectivity index (χ4v) is 6.08. The lowest BCUT2D eigenvalue weighted by Crippen LogP contribution is -2.43. The molecule has 0 aliphatic carbocycles. The van der Waals surface area contributed by atoms with Crippen molar-refractivity contribution in [1.29, 1.82) is 0 Å². The van der Waals surface area contributed by atoms with Crippen molar-refractivity contribution in [3.05, 3.63) is 81.9 Å². The third kappa shape index (κ3) is 6.41. The topological polar surface area (TPSA) is 135 Å². The second kappa shape index (κ2) is 13.3. The molecule has 17 heteroatoms. The first-order valence-corrected chi connectivity index (χ1v) is 14.7. The number of alkyl halides is 6. The van der Waals surface area contributed by atoms with Crippen molar-refractivity contribution in [2.45, 2.75) is 44.6 Å². The molecule has 2 aliphatic rings. The lowest BCUT2D eigenvalue weighted by atomic mass is 9.76. The average molecular weight is 699 g/mol. The van der Waals surface area contributed by atoms with Crippen LogP contribution in [0.1, 0.15) is 51.0 Å². The summed E-state index contributed by atoms with van der Waals surface area (Å²) >= 11 is 0. The number of nitrogens with zero attached hydrogens (tertiary/aromatic N) is 2. The van der Waals surface area contributed by atoms with E-state index >= 15 is 0 Å². The highest BCUT2D eigenvalue weighted by atomic mass is 19.4. The summed E-state index contributed by atoms with van der Waals surface area (Å²) in [5, 5.41) is 17.4. The molecule has 2 heterocycles. The van der Waals surface area contributed by atoms with Gasteiger partial charge in [0.25, 0.3) is 0 Å². The first-order chi connectivity index (χ1) is 23.1. The summed E-state index contributed by atoms with van der Waals surface area (Å²) in [6, 6.07) is 11.3. The van der Waals surface area contributed by atoms with Crippen LogP contribution in [0.25, 0.3) is 0 Å². The molecule has 2 amide bonds. The van der Waals surface area contributed by atoms with E-state index < -0.39 is 62.0 Å². The van der Waals surface area contributed by atoms with Gasteiger partial charge in [-0.2, -0.15) is 26.3 Å². The van der Waals surface area contributed by atoms with E-state index in [4.69, 9.17) is 20.0 Å². The molecule has 262 valence electrons. The third-order valence-corrected chi connectivity index (χ3v) is 8.14. The number of carbonyl (C=O) groups is 3. The van der Waals surface area contributed by atoms with Gasteiger partial charge in [-0.25, -0.2) is 14.6 Å². The second-order valence-electron chi connectivity index (χ2n) is 11.3. The van der Waals surface area contributed by atoms with Crippen molar-refractivity contribution in [1.82, 2.24) is 0 Å². The highest BCUT2D eigenvalue weighted by molar-refractivity contribution is 6.00. The van der Waals surface area contributed by atoms with Gasteiger partial charge < -0.3 is 19.3 Å². The normalized spacial score (nSPS) is 14.4. The maximum absolute atomic E-state index is 13.7. The summed E-state index contributed by atoms with van der Waals surface area (Å²) in [7, 11) is 0. The van der Waals surface area contributed by atoms with Crippen LogP contribution in [-0.2, 0) is 29.7 Å². The highest BCUT2D eigenvalue weighted by Gasteiger charge is 2.54. The maximum Gasteiger partial charge on any atom is 0.471 e. The van der Waals surface area contributed by atoms with Gasteiger partial charge in [0.05, 0.1) is 30.2 Å². The van der Waals surface area contributed by atoms with Crippen molar-refractivity contribution >= 4 is 29.2 Å². The number of anilines is 2. The summed E-state index contributed by atoms with van der Waals surface area (Å²) in [5.74, 6) is -5.64. The molecular formula is C32H28F6N2O9. The molecule has 0 aromatic heterocycles. The molecule has 0 bridgehead atoms. The van der Waals surface area contributed by atoms with E-state index in [1.54, 1.807) is 18.2 Å². The first-order valence-electron chi connectivity index (χ1n) is 14.7. The molecule has 0 atom stereocenters. The molecule has 11 nitrogen and oxygen atoms in total. The van der Waals surface area contributed by atoms with Gasteiger partial charge in [-0.1, -0.05) is 18.2 Å². The van der Waals surface area contributed by atoms with Crippen LogP contribution in [0.4, 0.5) is 37.7 Å². The summed E-state index contributed by atoms with van der Waals surface area (Å²) < 4.78 is 94.6. The van der Waals surface area contributed by atoms with Crippen LogP contribution >= 0.6 is 0 Å². The largest absolute Gasteiger partial charge is 0.471 e. The SMILES string of the molecule is Cc1cc2c(cc1N(CCCOO)C(=O)C(F)(F)F)Oc1cc(N(CCCOO)C(=O)C(F)(F)F)c(C)cc1C21OC(=O)c2ccccc21. The quantitative estimate of drug-likeness (QED) is 0.0809. The second-order valence-corrected chi connectivity index (χ2v) is 11.3. The monoisotopic (exact) mass is 698 g/mol. The third-order valence-electron chi connectivity index (χ3n) is 8.14. The van der Waals surface area contributed by atoms with Crippen molar-refractivity contribution in [2.24, 2.45) is 0 Å². The Morgan fingerprint density at radius 3 is 1.63 bits per heavy atom. The number of rotatable bonds is 10. The van der Waals surface area contributed by atoms with Crippen molar-refractivity contribution < 1.29 is 70.5 Å². The Bertz CT molecular complexity index is 1700. The van der Waals surface area contributed by atoms with Gasteiger partial charge in [0.2, 0.25) is 0 Å². The Balaban J connectivity index is 1.75. The van der Waals surface area contributed by atoms with Crippen LogP contribution in [-0.4, -0.2) is 67.0 Å². The maximum atomic E-state index is 13.7. The number of hydrogen-bond acceptors (Lipinski definition) is 9. The summed E-state index contributed by atoms with van der Waals surface area (Å²) in [5.41, 5.74) is -1.33. The zero-order valence-corrected chi connectivity index (χ0v) is 25.8. The Morgan fingerprint density at radius 2 is 1.20 bits per heavy atom.